The van der Waals surface area contributed by atoms with Crippen LogP contribution in [0.2, 0.25) is 0 Å². The summed E-state index contributed by atoms with van der Waals surface area (Å²) in [5.41, 5.74) is 1.65. The van der Waals surface area contributed by atoms with Crippen molar-refractivity contribution in [2.24, 2.45) is 0 Å². The van der Waals surface area contributed by atoms with Crippen molar-refractivity contribution >= 4 is 5.52 Å². The fourth-order valence-electron chi connectivity index (χ4n) is 1.19. The monoisotopic (exact) mass is 163 g/mol. The molecule has 2 rings (SSSR count). The molecule has 4 nitrogen and oxygen atoms in total. The lowest BCUT2D eigenvalue weighted by molar-refractivity contribution is 0.191. The summed E-state index contributed by atoms with van der Waals surface area (Å²) in [5.74, 6) is 0. The van der Waals surface area contributed by atoms with Crippen LogP contribution in [0.25, 0.3) is 5.52 Å². The third-order valence-electron chi connectivity index (χ3n) is 1.78. The molecule has 2 aromatic heterocycles. The van der Waals surface area contributed by atoms with Crippen molar-refractivity contribution in [3.63, 3.8) is 0 Å². The summed E-state index contributed by atoms with van der Waals surface area (Å²) >= 11 is 0. The van der Waals surface area contributed by atoms with Crippen LogP contribution in [0, 0.1) is 0 Å². The zero-order valence-corrected chi connectivity index (χ0v) is 6.68. The number of nitrogens with zero attached hydrogens (tertiary/aromatic N) is 3. The Morgan fingerprint density at radius 1 is 1.50 bits per heavy atom. The molecule has 4 heteroatoms. The van der Waals surface area contributed by atoms with Crippen LogP contribution in [-0.2, 0) is 0 Å². The van der Waals surface area contributed by atoms with Gasteiger partial charge in [-0.1, -0.05) is 11.3 Å². The number of fused-ring (bicyclic) bond motifs is 1. The first kappa shape index (κ1) is 7.24. The molecule has 0 fully saturated rings. The number of aliphatic hydroxyl groups excluding tert-OH is 1. The first-order chi connectivity index (χ1) is 5.79. The van der Waals surface area contributed by atoms with Crippen LogP contribution >= 0.6 is 0 Å². The van der Waals surface area contributed by atoms with Crippen LogP contribution in [-0.4, -0.2) is 19.9 Å². The Kier molecular flexibility index (Phi) is 1.55. The van der Waals surface area contributed by atoms with E-state index in [-0.39, 0.29) is 0 Å². The Morgan fingerprint density at radius 3 is 3.08 bits per heavy atom. The first-order valence-electron chi connectivity index (χ1n) is 3.76. The van der Waals surface area contributed by atoms with Gasteiger partial charge in [-0.25, -0.2) is 4.52 Å². The van der Waals surface area contributed by atoms with Gasteiger partial charge in [0.1, 0.15) is 0 Å². The highest BCUT2D eigenvalue weighted by Gasteiger charge is 2.05. The van der Waals surface area contributed by atoms with Crippen molar-refractivity contribution in [2.45, 2.75) is 13.0 Å². The van der Waals surface area contributed by atoms with Gasteiger partial charge in [-0.2, -0.15) is 0 Å². The predicted octanol–water partition coefficient (Wildman–Crippen LogP) is 0.783. The van der Waals surface area contributed by atoms with Gasteiger partial charge in [-0.3, -0.25) is 0 Å². The largest absolute Gasteiger partial charge is 0.387 e. The van der Waals surface area contributed by atoms with E-state index in [9.17, 15) is 5.11 Å². The Hall–Kier alpha value is -1.42. The van der Waals surface area contributed by atoms with Crippen molar-refractivity contribution in [1.29, 1.82) is 0 Å². The van der Waals surface area contributed by atoms with Crippen molar-refractivity contribution < 1.29 is 5.11 Å². The second-order valence-corrected chi connectivity index (χ2v) is 2.70. The van der Waals surface area contributed by atoms with E-state index in [2.05, 4.69) is 10.3 Å². The van der Waals surface area contributed by atoms with E-state index in [0.717, 1.165) is 11.2 Å². The summed E-state index contributed by atoms with van der Waals surface area (Å²) in [7, 11) is 0. The van der Waals surface area contributed by atoms with E-state index < -0.39 is 6.10 Å². The second-order valence-electron chi connectivity index (χ2n) is 2.70. The summed E-state index contributed by atoms with van der Waals surface area (Å²) in [6.07, 6.45) is 1.14. The highest BCUT2D eigenvalue weighted by molar-refractivity contribution is 5.44. The Bertz CT molecular complexity index is 394. The standard InChI is InChI=1S/C8H9N3O/c1-6(12)8-4-2-3-7-5-9-10-11(7)8/h2-6,12H,1H3/t6-/m0/s1. The lowest BCUT2D eigenvalue weighted by atomic mass is 10.2. The summed E-state index contributed by atoms with van der Waals surface area (Å²) in [6.45, 7) is 1.70. The number of pyridine rings is 1. The van der Waals surface area contributed by atoms with Gasteiger partial charge in [0.2, 0.25) is 0 Å². The molecule has 2 heterocycles. The molecule has 0 aliphatic rings. The maximum Gasteiger partial charge on any atom is 0.0933 e. The normalized spacial score (nSPS) is 13.5. The molecular weight excluding hydrogens is 154 g/mol. The molecule has 0 radical (unpaired) electrons. The maximum atomic E-state index is 9.35. The molecule has 0 saturated carbocycles. The highest BCUT2D eigenvalue weighted by Crippen LogP contribution is 2.12. The predicted molar refractivity (Wildman–Crippen MR) is 43.6 cm³/mol. The molecule has 2 aromatic rings. The van der Waals surface area contributed by atoms with Crippen molar-refractivity contribution in [2.75, 3.05) is 0 Å². The van der Waals surface area contributed by atoms with Crippen molar-refractivity contribution in [3.8, 4) is 0 Å². The zero-order valence-electron chi connectivity index (χ0n) is 6.68. The van der Waals surface area contributed by atoms with Crippen LogP contribution in [0.5, 0.6) is 0 Å². The summed E-state index contributed by atoms with van der Waals surface area (Å²) in [6, 6.07) is 5.60. The number of hydrogen-bond acceptors (Lipinski definition) is 3. The summed E-state index contributed by atoms with van der Waals surface area (Å²) in [5, 5.41) is 16.9. The van der Waals surface area contributed by atoms with E-state index in [0.29, 0.717) is 0 Å². The van der Waals surface area contributed by atoms with Gasteiger partial charge in [-0.15, -0.1) is 5.10 Å². The fraction of sp³-hybridized carbons (Fsp3) is 0.250. The molecule has 1 atom stereocenters. The van der Waals surface area contributed by atoms with Gasteiger partial charge in [-0.05, 0) is 19.1 Å². The van der Waals surface area contributed by atoms with Crippen LogP contribution in [0.4, 0.5) is 0 Å². The third-order valence-corrected chi connectivity index (χ3v) is 1.78. The smallest absolute Gasteiger partial charge is 0.0933 e. The Labute approximate surface area is 69.4 Å². The minimum absolute atomic E-state index is 0.518. The summed E-state index contributed by atoms with van der Waals surface area (Å²) in [4.78, 5) is 0. The van der Waals surface area contributed by atoms with Crippen LogP contribution < -0.4 is 0 Å². The number of rotatable bonds is 1. The van der Waals surface area contributed by atoms with Crippen LogP contribution in [0.15, 0.2) is 24.4 Å². The zero-order chi connectivity index (χ0) is 8.55. The number of hydrogen-bond donors (Lipinski definition) is 1. The fourth-order valence-corrected chi connectivity index (χ4v) is 1.19. The topological polar surface area (TPSA) is 50.4 Å². The average Bonchev–Trinajstić information content (AvgIpc) is 2.49. The van der Waals surface area contributed by atoms with Crippen LogP contribution in [0.1, 0.15) is 18.7 Å². The third kappa shape index (κ3) is 0.967. The molecule has 62 valence electrons. The maximum absolute atomic E-state index is 9.35. The molecule has 0 unspecified atom stereocenters. The lowest BCUT2D eigenvalue weighted by Crippen LogP contribution is -2.01. The molecule has 0 amide bonds. The number of aliphatic hydroxyl groups is 1. The Balaban J connectivity index is 2.73. The molecule has 0 bridgehead atoms. The van der Waals surface area contributed by atoms with Crippen molar-refractivity contribution in [1.82, 2.24) is 14.8 Å². The SMILES string of the molecule is C[C@H](O)c1cccc2cnnn12. The number of aromatic nitrogens is 3. The average molecular weight is 163 g/mol. The summed E-state index contributed by atoms with van der Waals surface area (Å²) < 4.78 is 1.63. The quantitative estimate of drug-likeness (QED) is 0.676. The second kappa shape index (κ2) is 2.57. The molecule has 0 spiro atoms. The highest BCUT2D eigenvalue weighted by atomic mass is 16.3. The molecule has 12 heavy (non-hydrogen) atoms. The molecule has 0 aliphatic carbocycles. The van der Waals surface area contributed by atoms with Crippen LogP contribution in [0.3, 0.4) is 0 Å². The van der Waals surface area contributed by atoms with E-state index in [4.69, 9.17) is 0 Å². The molecular formula is C8H9N3O. The molecule has 0 aromatic carbocycles. The van der Waals surface area contributed by atoms with Gasteiger partial charge >= 0.3 is 0 Å². The molecule has 0 aliphatic heterocycles. The minimum atomic E-state index is -0.518. The van der Waals surface area contributed by atoms with Crippen molar-refractivity contribution in [3.05, 3.63) is 30.1 Å². The van der Waals surface area contributed by atoms with E-state index in [1.165, 1.54) is 0 Å². The lowest BCUT2D eigenvalue weighted by Gasteiger charge is -2.05. The molecule has 1 N–H and O–H groups in total. The first-order valence-corrected chi connectivity index (χ1v) is 3.76. The van der Waals surface area contributed by atoms with E-state index >= 15 is 0 Å². The molecule has 0 saturated heterocycles. The van der Waals surface area contributed by atoms with Gasteiger partial charge in [0.25, 0.3) is 0 Å². The van der Waals surface area contributed by atoms with Gasteiger partial charge in [0.05, 0.1) is 23.5 Å². The van der Waals surface area contributed by atoms with Gasteiger partial charge < -0.3 is 5.11 Å². The van der Waals surface area contributed by atoms with E-state index in [1.54, 1.807) is 17.6 Å². The van der Waals surface area contributed by atoms with Gasteiger partial charge in [0.15, 0.2) is 0 Å². The van der Waals surface area contributed by atoms with Gasteiger partial charge in [0, 0.05) is 0 Å². The Morgan fingerprint density at radius 2 is 2.33 bits per heavy atom. The van der Waals surface area contributed by atoms with E-state index in [1.807, 2.05) is 18.2 Å². The minimum Gasteiger partial charge on any atom is -0.387 e.